The molecule has 0 saturated heterocycles. The quantitative estimate of drug-likeness (QED) is 0.875. The lowest BCUT2D eigenvalue weighted by Gasteiger charge is -2.25. The molecule has 2 aromatic rings. The summed E-state index contributed by atoms with van der Waals surface area (Å²) in [6, 6.07) is 6.48. The zero-order chi connectivity index (χ0) is 13.0. The van der Waals surface area contributed by atoms with E-state index in [1.807, 2.05) is 19.3 Å². The van der Waals surface area contributed by atoms with Crippen LogP contribution in [0.1, 0.15) is 42.7 Å². The van der Waals surface area contributed by atoms with Crippen molar-refractivity contribution in [3.05, 3.63) is 53.7 Å². The van der Waals surface area contributed by atoms with Crippen LogP contribution >= 0.6 is 0 Å². The van der Waals surface area contributed by atoms with E-state index in [4.69, 9.17) is 4.42 Å². The average molecular weight is 244 g/mol. The van der Waals surface area contributed by atoms with E-state index >= 15 is 0 Å². The Hall–Kier alpha value is -1.61. The minimum absolute atomic E-state index is 0.274. The fourth-order valence-corrected chi connectivity index (χ4v) is 2.35. The maximum atomic E-state index is 5.43. The molecule has 18 heavy (non-hydrogen) atoms. The molecule has 0 aliphatic rings. The van der Waals surface area contributed by atoms with Crippen molar-refractivity contribution in [2.45, 2.75) is 32.7 Å². The highest BCUT2D eigenvalue weighted by Crippen LogP contribution is 2.32. The topological polar surface area (TPSA) is 38.1 Å². The molecule has 1 N–H and O–H groups in total. The zero-order valence-electron chi connectivity index (χ0n) is 11.2. The van der Waals surface area contributed by atoms with Gasteiger partial charge in [0, 0.05) is 29.9 Å². The van der Waals surface area contributed by atoms with E-state index in [9.17, 15) is 0 Å². The molecule has 0 bridgehead atoms. The van der Waals surface area contributed by atoms with Gasteiger partial charge in [0.25, 0.3) is 0 Å². The van der Waals surface area contributed by atoms with Gasteiger partial charge in [-0.05, 0) is 37.2 Å². The van der Waals surface area contributed by atoms with E-state index in [1.54, 1.807) is 6.26 Å². The summed E-state index contributed by atoms with van der Waals surface area (Å²) in [5.41, 5.74) is 2.53. The highest BCUT2D eigenvalue weighted by molar-refractivity contribution is 5.27. The van der Waals surface area contributed by atoms with Gasteiger partial charge in [-0.1, -0.05) is 13.8 Å². The lowest BCUT2D eigenvalue weighted by atomic mass is 9.89. The van der Waals surface area contributed by atoms with Crippen molar-refractivity contribution in [1.82, 2.24) is 10.3 Å². The third kappa shape index (κ3) is 2.62. The normalized spacial score (nSPS) is 14.4. The second-order valence-corrected chi connectivity index (χ2v) is 4.54. The maximum absolute atomic E-state index is 5.43. The summed E-state index contributed by atoms with van der Waals surface area (Å²) in [6.45, 7) is 7.31. The van der Waals surface area contributed by atoms with Gasteiger partial charge in [-0.2, -0.15) is 0 Å². The minimum Gasteiger partial charge on any atom is -0.469 e. The van der Waals surface area contributed by atoms with Crippen molar-refractivity contribution < 1.29 is 4.42 Å². The first-order valence-electron chi connectivity index (χ1n) is 6.41. The molecule has 2 aromatic heterocycles. The molecule has 3 nitrogen and oxygen atoms in total. The standard InChI is InChI=1S/C15H20N2O/c1-4-17-15(14-7-10-18-12(14)3)11(2)13-5-8-16-9-6-13/h5-11,15,17H,4H2,1-3H3. The predicted octanol–water partition coefficient (Wildman–Crippen LogP) is 3.44. The largest absolute Gasteiger partial charge is 0.469 e. The summed E-state index contributed by atoms with van der Waals surface area (Å²) < 4.78 is 5.43. The SMILES string of the molecule is CCNC(c1ccoc1C)C(C)c1ccncc1. The first kappa shape index (κ1) is 12.8. The summed E-state index contributed by atoms with van der Waals surface area (Å²) in [7, 11) is 0. The van der Waals surface area contributed by atoms with E-state index in [1.165, 1.54) is 11.1 Å². The number of nitrogens with zero attached hydrogens (tertiary/aromatic N) is 1. The third-order valence-electron chi connectivity index (χ3n) is 3.39. The lowest BCUT2D eigenvalue weighted by molar-refractivity contribution is 0.460. The van der Waals surface area contributed by atoms with E-state index < -0.39 is 0 Å². The third-order valence-corrected chi connectivity index (χ3v) is 3.39. The van der Waals surface area contributed by atoms with E-state index in [-0.39, 0.29) is 6.04 Å². The van der Waals surface area contributed by atoms with Gasteiger partial charge >= 0.3 is 0 Å². The summed E-state index contributed by atoms with van der Waals surface area (Å²) in [5, 5.41) is 3.54. The molecule has 0 amide bonds. The molecule has 0 aliphatic heterocycles. The van der Waals surface area contributed by atoms with Gasteiger partial charge in [-0.25, -0.2) is 0 Å². The number of aromatic nitrogens is 1. The van der Waals surface area contributed by atoms with Crippen LogP contribution in [0.4, 0.5) is 0 Å². The Bertz CT molecular complexity index is 478. The average Bonchev–Trinajstić information content (AvgIpc) is 2.82. The Morgan fingerprint density at radius 1 is 1.28 bits per heavy atom. The van der Waals surface area contributed by atoms with Crippen LogP contribution in [0.5, 0.6) is 0 Å². The fraction of sp³-hybridized carbons (Fsp3) is 0.400. The highest BCUT2D eigenvalue weighted by Gasteiger charge is 2.22. The monoisotopic (exact) mass is 244 g/mol. The molecule has 0 spiro atoms. The van der Waals surface area contributed by atoms with Crippen LogP contribution in [-0.4, -0.2) is 11.5 Å². The first-order valence-corrected chi connectivity index (χ1v) is 6.41. The van der Waals surface area contributed by atoms with Crippen LogP contribution < -0.4 is 5.32 Å². The number of rotatable bonds is 5. The predicted molar refractivity (Wildman–Crippen MR) is 72.5 cm³/mol. The van der Waals surface area contributed by atoms with Gasteiger partial charge in [0.15, 0.2) is 0 Å². The molecule has 0 radical (unpaired) electrons. The molecule has 2 unspecified atom stereocenters. The van der Waals surface area contributed by atoms with Crippen molar-refractivity contribution >= 4 is 0 Å². The highest BCUT2D eigenvalue weighted by atomic mass is 16.3. The Morgan fingerprint density at radius 2 is 2.00 bits per heavy atom. The molecule has 2 rings (SSSR count). The van der Waals surface area contributed by atoms with Crippen LogP contribution in [-0.2, 0) is 0 Å². The van der Waals surface area contributed by atoms with E-state index in [0.717, 1.165) is 12.3 Å². The molecular weight excluding hydrogens is 224 g/mol. The Morgan fingerprint density at radius 3 is 2.56 bits per heavy atom. The van der Waals surface area contributed by atoms with Crippen LogP contribution in [0, 0.1) is 6.92 Å². The van der Waals surface area contributed by atoms with Crippen LogP contribution in [0.15, 0.2) is 41.3 Å². The molecule has 0 saturated carbocycles. The van der Waals surface area contributed by atoms with Gasteiger partial charge in [0.05, 0.1) is 6.26 Å². The smallest absolute Gasteiger partial charge is 0.105 e. The van der Waals surface area contributed by atoms with Crippen LogP contribution in [0.2, 0.25) is 0 Å². The lowest BCUT2D eigenvalue weighted by Crippen LogP contribution is -2.26. The number of pyridine rings is 1. The molecular formula is C15H20N2O. The molecule has 96 valence electrons. The van der Waals surface area contributed by atoms with Crippen LogP contribution in [0.3, 0.4) is 0 Å². The number of furan rings is 1. The summed E-state index contributed by atoms with van der Waals surface area (Å²) in [6.07, 6.45) is 5.45. The number of nitrogens with one attached hydrogen (secondary N) is 1. The first-order chi connectivity index (χ1) is 8.74. The second-order valence-electron chi connectivity index (χ2n) is 4.54. The number of hydrogen-bond acceptors (Lipinski definition) is 3. The van der Waals surface area contributed by atoms with Gasteiger partial charge in [-0.15, -0.1) is 0 Å². The van der Waals surface area contributed by atoms with Gasteiger partial charge in [-0.3, -0.25) is 4.98 Å². The Kier molecular flexibility index (Phi) is 4.15. The fourth-order valence-electron chi connectivity index (χ4n) is 2.35. The molecule has 0 aliphatic carbocycles. The number of hydrogen-bond donors (Lipinski definition) is 1. The number of aryl methyl sites for hydroxylation is 1. The minimum atomic E-state index is 0.274. The number of likely N-dealkylation sites (N-methyl/N-ethyl adjacent to an activating group) is 1. The molecule has 2 heterocycles. The second kappa shape index (κ2) is 5.83. The maximum Gasteiger partial charge on any atom is 0.105 e. The summed E-state index contributed by atoms with van der Waals surface area (Å²) in [4.78, 5) is 4.07. The van der Waals surface area contributed by atoms with Crippen molar-refractivity contribution in [3.8, 4) is 0 Å². The van der Waals surface area contributed by atoms with Crippen molar-refractivity contribution in [2.75, 3.05) is 6.54 Å². The molecule has 0 aromatic carbocycles. The van der Waals surface area contributed by atoms with Crippen LogP contribution in [0.25, 0.3) is 0 Å². The Labute approximate surface area is 108 Å². The van der Waals surface area contributed by atoms with E-state index in [2.05, 4.69) is 42.3 Å². The van der Waals surface area contributed by atoms with Crippen molar-refractivity contribution in [1.29, 1.82) is 0 Å². The van der Waals surface area contributed by atoms with Gasteiger partial charge < -0.3 is 9.73 Å². The molecule has 3 heteroatoms. The van der Waals surface area contributed by atoms with E-state index in [0.29, 0.717) is 5.92 Å². The molecule has 0 fully saturated rings. The van der Waals surface area contributed by atoms with Crippen molar-refractivity contribution in [2.24, 2.45) is 0 Å². The summed E-state index contributed by atoms with van der Waals surface area (Å²) >= 11 is 0. The summed E-state index contributed by atoms with van der Waals surface area (Å²) in [5.74, 6) is 1.37. The van der Waals surface area contributed by atoms with Gasteiger partial charge in [0.2, 0.25) is 0 Å². The van der Waals surface area contributed by atoms with Crippen molar-refractivity contribution in [3.63, 3.8) is 0 Å². The Balaban J connectivity index is 2.28. The molecule has 2 atom stereocenters. The van der Waals surface area contributed by atoms with Gasteiger partial charge in [0.1, 0.15) is 5.76 Å². The zero-order valence-corrected chi connectivity index (χ0v) is 11.2.